The van der Waals surface area contributed by atoms with Crippen LogP contribution in [0.1, 0.15) is 19.8 Å². The number of piperidine rings is 1. The summed E-state index contributed by atoms with van der Waals surface area (Å²) in [7, 11) is 1.76. The molecular formula is C9H18NO. The van der Waals surface area contributed by atoms with Gasteiger partial charge < -0.3 is 4.74 Å². The first-order valence-electron chi connectivity index (χ1n) is 4.34. The molecule has 2 heteroatoms. The minimum Gasteiger partial charge on any atom is -0.367 e. The maximum atomic E-state index is 5.23. The zero-order chi connectivity index (χ0) is 8.27. The number of likely N-dealkylation sites (tertiary alicyclic amines) is 1. The predicted octanol–water partition coefficient (Wildman–Crippen LogP) is 1.52. The molecule has 1 radical (unpaired) electrons. The summed E-state index contributed by atoms with van der Waals surface area (Å²) in [5.41, 5.74) is 0. The lowest BCUT2D eigenvalue weighted by Gasteiger charge is -2.33. The number of methoxy groups -OCH3 is 1. The molecule has 0 amide bonds. The van der Waals surface area contributed by atoms with Gasteiger partial charge in [0.05, 0.1) is 0 Å². The van der Waals surface area contributed by atoms with Crippen LogP contribution in [0.5, 0.6) is 0 Å². The van der Waals surface area contributed by atoms with Crippen LogP contribution in [0.3, 0.4) is 0 Å². The molecule has 1 saturated heterocycles. The van der Waals surface area contributed by atoms with Crippen LogP contribution in [0.15, 0.2) is 0 Å². The van der Waals surface area contributed by atoms with Crippen LogP contribution in [0.4, 0.5) is 0 Å². The second-order valence-corrected chi connectivity index (χ2v) is 3.31. The molecule has 0 bridgehead atoms. The Hall–Kier alpha value is -0.0800. The van der Waals surface area contributed by atoms with Crippen molar-refractivity contribution in [3.63, 3.8) is 0 Å². The first kappa shape index (κ1) is 9.01. The first-order chi connectivity index (χ1) is 5.24. The highest BCUT2D eigenvalue weighted by Crippen LogP contribution is 2.17. The molecule has 1 fully saturated rings. The molecular weight excluding hydrogens is 138 g/mol. The Kier molecular flexibility index (Phi) is 3.34. The van der Waals surface area contributed by atoms with Gasteiger partial charge in [-0.15, -0.1) is 0 Å². The number of ether oxygens (including phenoxy) is 1. The number of nitrogens with zero attached hydrogens (tertiary/aromatic N) is 1. The zero-order valence-corrected chi connectivity index (χ0v) is 7.55. The van der Waals surface area contributed by atoms with Crippen molar-refractivity contribution in [1.82, 2.24) is 4.90 Å². The molecule has 11 heavy (non-hydrogen) atoms. The topological polar surface area (TPSA) is 12.5 Å². The van der Waals surface area contributed by atoms with Crippen LogP contribution >= 0.6 is 0 Å². The van der Waals surface area contributed by atoms with E-state index in [2.05, 4.69) is 18.7 Å². The van der Waals surface area contributed by atoms with Crippen molar-refractivity contribution in [3.05, 3.63) is 6.92 Å². The van der Waals surface area contributed by atoms with E-state index in [1.165, 1.54) is 12.8 Å². The minimum atomic E-state index is 0.280. The maximum Gasteiger partial charge on any atom is 0.107 e. The standard InChI is InChI=1S/C9H18NO/c1-8-4-6-10(7-5-8)9(2)11-3/h8-9H,1,4-7H2,2-3H3. The van der Waals surface area contributed by atoms with Crippen LogP contribution < -0.4 is 0 Å². The van der Waals surface area contributed by atoms with Gasteiger partial charge in [-0.1, -0.05) is 6.92 Å². The maximum absolute atomic E-state index is 5.23. The summed E-state index contributed by atoms with van der Waals surface area (Å²) < 4.78 is 5.23. The molecule has 1 rings (SSSR count). The van der Waals surface area contributed by atoms with Crippen molar-refractivity contribution in [1.29, 1.82) is 0 Å². The normalized spacial score (nSPS) is 25.4. The smallest absolute Gasteiger partial charge is 0.107 e. The molecule has 0 aromatic carbocycles. The Morgan fingerprint density at radius 1 is 1.45 bits per heavy atom. The van der Waals surface area contributed by atoms with Gasteiger partial charge in [0, 0.05) is 20.2 Å². The highest BCUT2D eigenvalue weighted by molar-refractivity contribution is 4.73. The summed E-state index contributed by atoms with van der Waals surface area (Å²) in [5.74, 6) is 0.662. The molecule has 1 aliphatic heterocycles. The molecule has 2 nitrogen and oxygen atoms in total. The summed E-state index contributed by atoms with van der Waals surface area (Å²) in [6.45, 7) is 8.43. The highest BCUT2D eigenvalue weighted by Gasteiger charge is 2.19. The Morgan fingerprint density at radius 3 is 2.45 bits per heavy atom. The predicted molar refractivity (Wildman–Crippen MR) is 46.1 cm³/mol. The average molecular weight is 156 g/mol. The Balaban J connectivity index is 2.27. The lowest BCUT2D eigenvalue weighted by Crippen LogP contribution is -2.40. The Morgan fingerprint density at radius 2 is 2.00 bits per heavy atom. The van der Waals surface area contributed by atoms with Crippen LogP contribution in [-0.2, 0) is 4.74 Å². The van der Waals surface area contributed by atoms with Gasteiger partial charge in [0.1, 0.15) is 6.23 Å². The monoisotopic (exact) mass is 156 g/mol. The van der Waals surface area contributed by atoms with Crippen molar-refractivity contribution in [3.8, 4) is 0 Å². The van der Waals surface area contributed by atoms with Crippen molar-refractivity contribution in [2.75, 3.05) is 20.2 Å². The second kappa shape index (κ2) is 4.07. The molecule has 0 aliphatic carbocycles. The van der Waals surface area contributed by atoms with Gasteiger partial charge in [0.2, 0.25) is 0 Å². The van der Waals surface area contributed by atoms with Crippen molar-refractivity contribution < 1.29 is 4.74 Å². The second-order valence-electron chi connectivity index (χ2n) is 3.31. The number of hydrogen-bond donors (Lipinski definition) is 0. The summed E-state index contributed by atoms with van der Waals surface area (Å²) in [4.78, 5) is 2.36. The largest absolute Gasteiger partial charge is 0.367 e. The van der Waals surface area contributed by atoms with Gasteiger partial charge in [0.25, 0.3) is 0 Å². The molecule has 1 unspecified atom stereocenters. The molecule has 65 valence electrons. The van der Waals surface area contributed by atoms with E-state index >= 15 is 0 Å². The van der Waals surface area contributed by atoms with E-state index < -0.39 is 0 Å². The molecule has 1 atom stereocenters. The lowest BCUT2D eigenvalue weighted by atomic mass is 9.99. The molecule has 0 N–H and O–H groups in total. The SMILES string of the molecule is [CH2]C1CCN(C(C)OC)CC1. The quantitative estimate of drug-likeness (QED) is 0.601. The van der Waals surface area contributed by atoms with Gasteiger partial charge in [-0.25, -0.2) is 0 Å². The highest BCUT2D eigenvalue weighted by atomic mass is 16.5. The van der Waals surface area contributed by atoms with Gasteiger partial charge in [-0.2, -0.15) is 0 Å². The third kappa shape index (κ3) is 2.46. The van der Waals surface area contributed by atoms with E-state index in [9.17, 15) is 0 Å². The fourth-order valence-electron chi connectivity index (χ4n) is 1.47. The van der Waals surface area contributed by atoms with Crippen molar-refractivity contribution in [2.24, 2.45) is 5.92 Å². The van der Waals surface area contributed by atoms with Gasteiger partial charge >= 0.3 is 0 Å². The molecule has 0 aromatic heterocycles. The first-order valence-corrected chi connectivity index (χ1v) is 4.34. The Labute approximate surface area is 69.5 Å². The minimum absolute atomic E-state index is 0.280. The van der Waals surface area contributed by atoms with E-state index in [1.54, 1.807) is 7.11 Å². The molecule has 0 saturated carbocycles. The van der Waals surface area contributed by atoms with Gasteiger partial charge in [-0.3, -0.25) is 4.90 Å². The summed E-state index contributed by atoms with van der Waals surface area (Å²) in [6.07, 6.45) is 2.71. The molecule has 0 spiro atoms. The lowest BCUT2D eigenvalue weighted by molar-refractivity contribution is -0.0324. The van der Waals surface area contributed by atoms with E-state index in [-0.39, 0.29) is 6.23 Å². The van der Waals surface area contributed by atoms with E-state index in [0.717, 1.165) is 13.1 Å². The molecule has 1 heterocycles. The fourth-order valence-corrected chi connectivity index (χ4v) is 1.47. The van der Waals surface area contributed by atoms with Gasteiger partial charge in [-0.05, 0) is 25.7 Å². The van der Waals surface area contributed by atoms with Crippen LogP contribution in [0.2, 0.25) is 0 Å². The van der Waals surface area contributed by atoms with E-state index in [4.69, 9.17) is 4.74 Å². The summed E-state index contributed by atoms with van der Waals surface area (Å²) in [6, 6.07) is 0. The third-order valence-corrected chi connectivity index (χ3v) is 2.50. The Bertz CT molecular complexity index is 108. The van der Waals surface area contributed by atoms with Crippen molar-refractivity contribution >= 4 is 0 Å². The number of hydrogen-bond acceptors (Lipinski definition) is 2. The van der Waals surface area contributed by atoms with Gasteiger partial charge in [0.15, 0.2) is 0 Å². The van der Waals surface area contributed by atoms with Crippen LogP contribution in [0, 0.1) is 12.8 Å². The van der Waals surface area contributed by atoms with E-state index in [0.29, 0.717) is 5.92 Å². The zero-order valence-electron chi connectivity index (χ0n) is 7.55. The number of rotatable bonds is 2. The van der Waals surface area contributed by atoms with Crippen LogP contribution in [-0.4, -0.2) is 31.3 Å². The third-order valence-electron chi connectivity index (χ3n) is 2.50. The fraction of sp³-hybridized carbons (Fsp3) is 0.889. The van der Waals surface area contributed by atoms with Crippen molar-refractivity contribution in [2.45, 2.75) is 26.0 Å². The summed E-state index contributed by atoms with van der Waals surface area (Å²) >= 11 is 0. The van der Waals surface area contributed by atoms with Crippen LogP contribution in [0.25, 0.3) is 0 Å². The molecule has 1 aliphatic rings. The summed E-state index contributed by atoms with van der Waals surface area (Å²) in [5, 5.41) is 0. The average Bonchev–Trinajstić information content (AvgIpc) is 2.05. The molecule has 0 aromatic rings. The van der Waals surface area contributed by atoms with E-state index in [1.807, 2.05) is 0 Å².